The highest BCUT2D eigenvalue weighted by molar-refractivity contribution is 5.87. The molecule has 0 aliphatic rings. The lowest BCUT2D eigenvalue weighted by atomic mass is 10.1. The van der Waals surface area contributed by atoms with Crippen molar-refractivity contribution in [1.82, 2.24) is 10.2 Å². The van der Waals surface area contributed by atoms with Crippen LogP contribution in [0.15, 0.2) is 48.5 Å². The predicted molar refractivity (Wildman–Crippen MR) is 99.7 cm³/mol. The van der Waals surface area contributed by atoms with Crippen molar-refractivity contribution in [3.8, 4) is 0 Å². The summed E-state index contributed by atoms with van der Waals surface area (Å²) >= 11 is 0. The number of halogens is 1. The normalized spacial score (nSPS) is 11.7. The topological polar surface area (TPSA) is 49.4 Å². The highest BCUT2D eigenvalue weighted by Gasteiger charge is 2.24. The first-order valence-electron chi connectivity index (χ1n) is 8.78. The van der Waals surface area contributed by atoms with Crippen LogP contribution in [0, 0.1) is 12.7 Å². The first kappa shape index (κ1) is 19.6. The van der Waals surface area contributed by atoms with E-state index in [1.165, 1.54) is 17.0 Å². The molecule has 0 aromatic heterocycles. The zero-order valence-corrected chi connectivity index (χ0v) is 15.5. The average Bonchev–Trinajstić information content (AvgIpc) is 2.65. The first-order chi connectivity index (χ1) is 12.4. The van der Waals surface area contributed by atoms with Crippen LogP contribution in [0.25, 0.3) is 0 Å². The van der Waals surface area contributed by atoms with Gasteiger partial charge < -0.3 is 10.2 Å². The number of hydrogen-bond donors (Lipinski definition) is 1. The highest BCUT2D eigenvalue weighted by atomic mass is 19.1. The van der Waals surface area contributed by atoms with Gasteiger partial charge in [0.15, 0.2) is 0 Å². The molecule has 0 bridgehead atoms. The van der Waals surface area contributed by atoms with E-state index >= 15 is 0 Å². The molecule has 0 aliphatic carbocycles. The Balaban J connectivity index is 2.03. The van der Waals surface area contributed by atoms with Gasteiger partial charge in [-0.25, -0.2) is 4.39 Å². The summed E-state index contributed by atoms with van der Waals surface area (Å²) in [5.41, 5.74) is 2.95. The largest absolute Gasteiger partial charge is 0.350 e. The number of rotatable bonds is 7. The van der Waals surface area contributed by atoms with Gasteiger partial charge in [-0.1, -0.05) is 48.9 Å². The van der Waals surface area contributed by atoms with Crippen LogP contribution in [0.2, 0.25) is 0 Å². The number of benzene rings is 2. The van der Waals surface area contributed by atoms with E-state index in [9.17, 15) is 14.0 Å². The summed E-state index contributed by atoms with van der Waals surface area (Å²) in [6.07, 6.45) is 0.302. The number of nitrogens with one attached hydrogen (secondary N) is 1. The molecule has 0 heterocycles. The van der Waals surface area contributed by atoms with Crippen LogP contribution in [-0.2, 0) is 22.7 Å². The summed E-state index contributed by atoms with van der Waals surface area (Å²) in [5.74, 6) is -0.659. The summed E-state index contributed by atoms with van der Waals surface area (Å²) in [6, 6.07) is 13.3. The fraction of sp³-hybridized carbons (Fsp3) is 0.333. The number of aryl methyl sites for hydroxylation is 1. The summed E-state index contributed by atoms with van der Waals surface area (Å²) in [5, 5.41) is 2.88. The van der Waals surface area contributed by atoms with Gasteiger partial charge in [-0.15, -0.1) is 0 Å². The lowest BCUT2D eigenvalue weighted by molar-refractivity contribution is -0.140. The second-order valence-electron chi connectivity index (χ2n) is 6.38. The molecule has 2 aromatic carbocycles. The molecule has 26 heavy (non-hydrogen) atoms. The van der Waals surface area contributed by atoms with Crippen molar-refractivity contribution in [3.63, 3.8) is 0 Å². The molecule has 138 valence electrons. The van der Waals surface area contributed by atoms with Crippen LogP contribution in [0.3, 0.4) is 0 Å². The van der Waals surface area contributed by atoms with Crippen molar-refractivity contribution < 1.29 is 14.0 Å². The summed E-state index contributed by atoms with van der Waals surface area (Å²) in [4.78, 5) is 26.4. The van der Waals surface area contributed by atoms with Gasteiger partial charge in [0.05, 0.1) is 0 Å². The second-order valence-corrected chi connectivity index (χ2v) is 6.38. The SMILES string of the molecule is CCC(=O)N(Cc1ccc(F)cc1)[C@@H](C)C(=O)NCc1ccc(C)cc1. The van der Waals surface area contributed by atoms with Crippen LogP contribution in [-0.4, -0.2) is 22.8 Å². The Hall–Kier alpha value is -2.69. The fourth-order valence-electron chi connectivity index (χ4n) is 2.62. The van der Waals surface area contributed by atoms with E-state index in [0.717, 1.165) is 16.7 Å². The minimum Gasteiger partial charge on any atom is -0.350 e. The van der Waals surface area contributed by atoms with Gasteiger partial charge in [0, 0.05) is 19.5 Å². The standard InChI is InChI=1S/C21H25FN2O2/c1-4-20(25)24(14-18-9-11-19(22)12-10-18)16(3)21(26)23-13-17-7-5-15(2)6-8-17/h5-12,16H,4,13-14H2,1-3H3,(H,23,26)/t16-/m0/s1. The third kappa shape index (κ3) is 5.41. The zero-order chi connectivity index (χ0) is 19.1. The van der Waals surface area contributed by atoms with Crippen molar-refractivity contribution in [1.29, 1.82) is 0 Å². The fourth-order valence-corrected chi connectivity index (χ4v) is 2.62. The molecule has 2 aromatic rings. The Morgan fingerprint density at radius 2 is 1.62 bits per heavy atom. The van der Waals surface area contributed by atoms with Gasteiger partial charge in [-0.05, 0) is 37.1 Å². The molecule has 0 unspecified atom stereocenters. The van der Waals surface area contributed by atoms with E-state index < -0.39 is 6.04 Å². The Morgan fingerprint density at radius 3 is 2.19 bits per heavy atom. The maximum absolute atomic E-state index is 13.1. The molecule has 0 saturated heterocycles. The van der Waals surface area contributed by atoms with Crippen LogP contribution in [0.5, 0.6) is 0 Å². The van der Waals surface area contributed by atoms with Gasteiger partial charge >= 0.3 is 0 Å². The van der Waals surface area contributed by atoms with Gasteiger partial charge in [0.2, 0.25) is 11.8 Å². The molecule has 0 fully saturated rings. The Bertz CT molecular complexity index is 742. The molecule has 1 N–H and O–H groups in total. The van der Waals surface area contributed by atoms with Crippen molar-refractivity contribution in [2.24, 2.45) is 0 Å². The maximum Gasteiger partial charge on any atom is 0.242 e. The molecular formula is C21H25FN2O2. The number of amides is 2. The number of nitrogens with zero attached hydrogens (tertiary/aromatic N) is 1. The smallest absolute Gasteiger partial charge is 0.242 e. The van der Waals surface area contributed by atoms with Crippen LogP contribution in [0.1, 0.15) is 37.0 Å². The minimum atomic E-state index is -0.613. The van der Waals surface area contributed by atoms with Crippen molar-refractivity contribution in [2.45, 2.75) is 46.3 Å². The minimum absolute atomic E-state index is 0.118. The average molecular weight is 356 g/mol. The van der Waals surface area contributed by atoms with Crippen molar-refractivity contribution in [2.75, 3.05) is 0 Å². The van der Waals surface area contributed by atoms with E-state index in [4.69, 9.17) is 0 Å². The Labute approximate surface area is 154 Å². The Kier molecular flexibility index (Phi) is 6.89. The molecule has 0 spiro atoms. The number of carbonyl (C=O) groups excluding carboxylic acids is 2. The van der Waals surface area contributed by atoms with Gasteiger partial charge in [0.1, 0.15) is 11.9 Å². The third-order valence-electron chi connectivity index (χ3n) is 4.32. The lowest BCUT2D eigenvalue weighted by Crippen LogP contribution is -2.47. The molecule has 2 amide bonds. The molecule has 2 rings (SSSR count). The predicted octanol–water partition coefficient (Wildman–Crippen LogP) is 3.58. The molecule has 0 radical (unpaired) electrons. The van der Waals surface area contributed by atoms with Crippen LogP contribution >= 0.6 is 0 Å². The van der Waals surface area contributed by atoms with E-state index in [0.29, 0.717) is 13.0 Å². The summed E-state index contributed by atoms with van der Waals surface area (Å²) < 4.78 is 13.1. The zero-order valence-electron chi connectivity index (χ0n) is 15.5. The summed E-state index contributed by atoms with van der Waals surface area (Å²) in [7, 11) is 0. The Morgan fingerprint density at radius 1 is 1.04 bits per heavy atom. The molecule has 5 heteroatoms. The van der Waals surface area contributed by atoms with Gasteiger partial charge in [0.25, 0.3) is 0 Å². The highest BCUT2D eigenvalue weighted by Crippen LogP contribution is 2.12. The summed E-state index contributed by atoms with van der Waals surface area (Å²) in [6.45, 7) is 6.16. The molecule has 1 atom stereocenters. The first-order valence-corrected chi connectivity index (χ1v) is 8.78. The van der Waals surface area contributed by atoms with Crippen LogP contribution in [0.4, 0.5) is 4.39 Å². The number of hydrogen-bond acceptors (Lipinski definition) is 2. The van der Waals surface area contributed by atoms with Crippen LogP contribution < -0.4 is 5.32 Å². The molecule has 4 nitrogen and oxygen atoms in total. The van der Waals surface area contributed by atoms with E-state index in [-0.39, 0.29) is 24.2 Å². The quantitative estimate of drug-likeness (QED) is 0.824. The monoisotopic (exact) mass is 356 g/mol. The number of carbonyl (C=O) groups is 2. The van der Waals surface area contributed by atoms with E-state index in [2.05, 4.69) is 5.32 Å². The van der Waals surface area contributed by atoms with Crippen molar-refractivity contribution in [3.05, 3.63) is 71.0 Å². The molecule has 0 saturated carbocycles. The maximum atomic E-state index is 13.1. The molecular weight excluding hydrogens is 331 g/mol. The van der Waals surface area contributed by atoms with Gasteiger partial charge in [-0.3, -0.25) is 9.59 Å². The van der Waals surface area contributed by atoms with Gasteiger partial charge in [-0.2, -0.15) is 0 Å². The van der Waals surface area contributed by atoms with Crippen molar-refractivity contribution >= 4 is 11.8 Å². The van der Waals surface area contributed by atoms with E-state index in [1.54, 1.807) is 26.0 Å². The lowest BCUT2D eigenvalue weighted by Gasteiger charge is -2.28. The molecule has 0 aliphatic heterocycles. The second kappa shape index (κ2) is 9.13. The van der Waals surface area contributed by atoms with E-state index in [1.807, 2.05) is 31.2 Å². The third-order valence-corrected chi connectivity index (χ3v) is 4.32.